The summed E-state index contributed by atoms with van der Waals surface area (Å²) >= 11 is 6.12. The summed E-state index contributed by atoms with van der Waals surface area (Å²) in [7, 11) is 0. The Morgan fingerprint density at radius 1 is 1.33 bits per heavy atom. The van der Waals surface area contributed by atoms with E-state index < -0.39 is 0 Å². The van der Waals surface area contributed by atoms with Gasteiger partial charge < -0.3 is 10.1 Å². The molecule has 0 aliphatic carbocycles. The summed E-state index contributed by atoms with van der Waals surface area (Å²) in [5.74, 6) is 1.21. The molecule has 0 aromatic heterocycles. The number of halogens is 1. The van der Waals surface area contributed by atoms with Crippen LogP contribution in [0.15, 0.2) is 18.2 Å². The minimum absolute atomic E-state index is 0.149. The van der Waals surface area contributed by atoms with E-state index in [1.807, 2.05) is 25.1 Å². The minimum Gasteiger partial charge on any atom is -0.492 e. The molecule has 1 atom stereocenters. The molecule has 1 aromatic rings. The van der Waals surface area contributed by atoms with Crippen LogP contribution >= 0.6 is 11.6 Å². The topological polar surface area (TPSA) is 21.3 Å². The van der Waals surface area contributed by atoms with Gasteiger partial charge in [-0.05, 0) is 45.4 Å². The Bertz CT molecular complexity index is 385. The first-order valence-electron chi connectivity index (χ1n) is 6.42. The molecule has 0 amide bonds. The second-order valence-electron chi connectivity index (χ2n) is 5.98. The molecule has 102 valence electrons. The first-order valence-corrected chi connectivity index (χ1v) is 6.80. The van der Waals surface area contributed by atoms with Crippen molar-refractivity contribution in [3.8, 4) is 5.75 Å². The van der Waals surface area contributed by atoms with Crippen LogP contribution in [0.2, 0.25) is 5.02 Å². The maximum atomic E-state index is 6.12. The second kappa shape index (κ2) is 6.44. The van der Waals surface area contributed by atoms with Gasteiger partial charge in [0.2, 0.25) is 0 Å². The molecule has 0 fully saturated rings. The number of ether oxygens (including phenoxy) is 1. The van der Waals surface area contributed by atoms with Crippen molar-refractivity contribution in [2.24, 2.45) is 5.92 Å². The summed E-state index contributed by atoms with van der Waals surface area (Å²) in [5, 5.41) is 4.15. The molecule has 0 saturated carbocycles. The third kappa shape index (κ3) is 5.74. The maximum Gasteiger partial charge on any atom is 0.137 e. The summed E-state index contributed by atoms with van der Waals surface area (Å²) < 4.78 is 5.75. The lowest BCUT2D eigenvalue weighted by Crippen LogP contribution is -2.39. The van der Waals surface area contributed by atoms with Crippen LogP contribution in [0, 0.1) is 12.8 Å². The molecular formula is C15H24ClNO. The molecule has 3 heteroatoms. The largest absolute Gasteiger partial charge is 0.492 e. The molecule has 0 heterocycles. The lowest BCUT2D eigenvalue weighted by Gasteiger charge is -2.23. The highest BCUT2D eigenvalue weighted by Gasteiger charge is 2.12. The molecule has 0 aliphatic heterocycles. The summed E-state index contributed by atoms with van der Waals surface area (Å²) in [5.41, 5.74) is 1.30. The fraction of sp³-hybridized carbons (Fsp3) is 0.600. The van der Waals surface area contributed by atoms with Crippen LogP contribution in [0.1, 0.15) is 33.3 Å². The van der Waals surface area contributed by atoms with Gasteiger partial charge in [-0.15, -0.1) is 0 Å². The van der Waals surface area contributed by atoms with Gasteiger partial charge in [-0.3, -0.25) is 0 Å². The first kappa shape index (κ1) is 15.3. The first-order chi connectivity index (χ1) is 8.28. The van der Waals surface area contributed by atoms with E-state index in [1.54, 1.807) is 0 Å². The van der Waals surface area contributed by atoms with Crippen molar-refractivity contribution in [1.29, 1.82) is 0 Å². The monoisotopic (exact) mass is 269 g/mol. The molecule has 0 spiro atoms. The van der Waals surface area contributed by atoms with Crippen molar-refractivity contribution in [2.75, 3.05) is 13.2 Å². The van der Waals surface area contributed by atoms with E-state index in [2.05, 4.69) is 33.0 Å². The maximum absolute atomic E-state index is 6.12. The number of aryl methyl sites for hydroxylation is 1. The lowest BCUT2D eigenvalue weighted by molar-refractivity contribution is 0.244. The van der Waals surface area contributed by atoms with Crippen LogP contribution in [-0.4, -0.2) is 18.7 Å². The smallest absolute Gasteiger partial charge is 0.137 e. The molecule has 1 N–H and O–H groups in total. The second-order valence-corrected chi connectivity index (χ2v) is 6.39. The molecule has 0 aliphatic rings. The Balaban J connectivity index is 2.40. The van der Waals surface area contributed by atoms with Crippen molar-refractivity contribution >= 4 is 11.6 Å². The Morgan fingerprint density at radius 2 is 2.00 bits per heavy atom. The molecule has 2 nitrogen and oxygen atoms in total. The van der Waals surface area contributed by atoms with Crippen LogP contribution < -0.4 is 10.1 Å². The zero-order valence-corrected chi connectivity index (χ0v) is 12.8. The van der Waals surface area contributed by atoms with Gasteiger partial charge in [-0.2, -0.15) is 0 Å². The normalized spacial score (nSPS) is 13.4. The quantitative estimate of drug-likeness (QED) is 0.871. The number of hydrogen-bond donors (Lipinski definition) is 1. The fourth-order valence-electron chi connectivity index (χ4n) is 1.49. The molecule has 1 aromatic carbocycles. The molecular weight excluding hydrogens is 246 g/mol. The highest BCUT2D eigenvalue weighted by atomic mass is 35.5. The van der Waals surface area contributed by atoms with Gasteiger partial charge in [0.15, 0.2) is 0 Å². The predicted molar refractivity (Wildman–Crippen MR) is 78.6 cm³/mol. The van der Waals surface area contributed by atoms with Crippen molar-refractivity contribution in [3.05, 3.63) is 28.8 Å². The van der Waals surface area contributed by atoms with E-state index in [0.717, 1.165) is 17.9 Å². The number of benzene rings is 1. The zero-order chi connectivity index (χ0) is 13.8. The number of nitrogens with one attached hydrogen (secondary N) is 1. The van der Waals surface area contributed by atoms with Gasteiger partial charge in [-0.25, -0.2) is 0 Å². The Kier molecular flexibility index (Phi) is 5.48. The standard InChI is InChI=1S/C15H24ClNO/c1-11-6-7-14(13(16)8-11)18-10-12(2)9-17-15(3,4)5/h6-8,12,17H,9-10H2,1-5H3. The molecule has 0 saturated heterocycles. The summed E-state index contributed by atoms with van der Waals surface area (Å²) in [6.45, 7) is 12.3. The van der Waals surface area contributed by atoms with E-state index in [4.69, 9.17) is 16.3 Å². The Labute approximate surface area is 116 Å². The van der Waals surface area contributed by atoms with Crippen LogP contribution in [0.4, 0.5) is 0 Å². The predicted octanol–water partition coefficient (Wildman–Crippen LogP) is 4.05. The highest BCUT2D eigenvalue weighted by Crippen LogP contribution is 2.25. The van der Waals surface area contributed by atoms with Gasteiger partial charge in [-0.1, -0.05) is 24.6 Å². The van der Waals surface area contributed by atoms with Gasteiger partial charge in [0.25, 0.3) is 0 Å². The Morgan fingerprint density at radius 3 is 2.56 bits per heavy atom. The van der Waals surface area contributed by atoms with E-state index >= 15 is 0 Å². The minimum atomic E-state index is 0.149. The SMILES string of the molecule is Cc1ccc(OCC(C)CNC(C)(C)C)c(Cl)c1. The third-order valence-corrected chi connectivity index (χ3v) is 2.89. The van der Waals surface area contributed by atoms with Crippen molar-refractivity contribution in [3.63, 3.8) is 0 Å². The van der Waals surface area contributed by atoms with Crippen LogP contribution in [0.3, 0.4) is 0 Å². The molecule has 0 radical (unpaired) electrons. The fourth-order valence-corrected chi connectivity index (χ4v) is 1.78. The molecule has 1 unspecified atom stereocenters. The van der Waals surface area contributed by atoms with Crippen LogP contribution in [0.5, 0.6) is 5.75 Å². The van der Waals surface area contributed by atoms with Gasteiger partial charge in [0, 0.05) is 18.0 Å². The average Bonchev–Trinajstić information content (AvgIpc) is 2.24. The zero-order valence-electron chi connectivity index (χ0n) is 12.0. The van der Waals surface area contributed by atoms with Gasteiger partial charge in [0.05, 0.1) is 11.6 Å². The van der Waals surface area contributed by atoms with Crippen LogP contribution in [-0.2, 0) is 0 Å². The van der Waals surface area contributed by atoms with Gasteiger partial charge >= 0.3 is 0 Å². The lowest BCUT2D eigenvalue weighted by atomic mass is 10.1. The molecule has 0 bridgehead atoms. The van der Waals surface area contributed by atoms with Crippen molar-refractivity contribution in [1.82, 2.24) is 5.32 Å². The highest BCUT2D eigenvalue weighted by molar-refractivity contribution is 6.32. The summed E-state index contributed by atoms with van der Waals surface area (Å²) in [6.07, 6.45) is 0. The number of hydrogen-bond acceptors (Lipinski definition) is 2. The molecule has 18 heavy (non-hydrogen) atoms. The van der Waals surface area contributed by atoms with Crippen LogP contribution in [0.25, 0.3) is 0 Å². The van der Waals surface area contributed by atoms with Crippen molar-refractivity contribution in [2.45, 2.75) is 40.2 Å². The van der Waals surface area contributed by atoms with E-state index in [-0.39, 0.29) is 5.54 Å². The van der Waals surface area contributed by atoms with E-state index in [1.165, 1.54) is 0 Å². The molecule has 1 rings (SSSR count). The van der Waals surface area contributed by atoms with Gasteiger partial charge in [0.1, 0.15) is 5.75 Å². The van der Waals surface area contributed by atoms with E-state index in [9.17, 15) is 0 Å². The summed E-state index contributed by atoms with van der Waals surface area (Å²) in [6, 6.07) is 5.87. The summed E-state index contributed by atoms with van der Waals surface area (Å²) in [4.78, 5) is 0. The third-order valence-electron chi connectivity index (χ3n) is 2.59. The number of rotatable bonds is 5. The average molecular weight is 270 g/mol. The Hall–Kier alpha value is -0.730. The van der Waals surface area contributed by atoms with Crippen molar-refractivity contribution < 1.29 is 4.74 Å². The van der Waals surface area contributed by atoms with E-state index in [0.29, 0.717) is 17.5 Å².